The lowest BCUT2D eigenvalue weighted by molar-refractivity contribution is -0.140. The van der Waals surface area contributed by atoms with Crippen LogP contribution in [0.3, 0.4) is 0 Å². The number of rotatable bonds is 7. The molecule has 0 spiro atoms. The molecule has 0 fully saturated rings. The van der Waals surface area contributed by atoms with Gasteiger partial charge in [-0.25, -0.2) is 0 Å². The maximum Gasteiger partial charge on any atom is 0.183 e. The fourth-order valence-corrected chi connectivity index (χ4v) is 1.46. The van der Waals surface area contributed by atoms with Crippen molar-refractivity contribution in [1.29, 1.82) is 0 Å². The molecule has 0 heterocycles. The number of nitrogens with zero attached hydrogens (tertiary/aromatic N) is 1. The molecule has 0 saturated heterocycles. The van der Waals surface area contributed by atoms with Crippen molar-refractivity contribution in [1.82, 2.24) is 0 Å². The number of ether oxygens (including phenoxy) is 3. The topological polar surface area (TPSA) is 57.1 Å². The summed E-state index contributed by atoms with van der Waals surface area (Å²) in [5, 5.41) is 2.88. The Balaban J connectivity index is 2.98. The maximum atomic E-state index is 10.5. The molecule has 0 N–H and O–H groups in total. The number of hydrogen-bond donors (Lipinski definition) is 0. The summed E-state index contributed by atoms with van der Waals surface area (Å²) < 4.78 is 16.0. The summed E-state index contributed by atoms with van der Waals surface area (Å²) in [7, 11) is 1.49. The van der Waals surface area contributed by atoms with Crippen LogP contribution in [0.4, 0.5) is 5.69 Å². The molecule has 0 aliphatic carbocycles. The van der Waals surface area contributed by atoms with Gasteiger partial charge in [0.2, 0.25) is 0 Å². The standard InChI is InChI=1S/C12H17NO4/c1-4-16-12(17-5-2)9-6-7-10(13-14)11(8-9)15-3/h6-8,12H,4-5H2,1-3H3. The van der Waals surface area contributed by atoms with E-state index in [1.165, 1.54) is 7.11 Å². The predicted molar refractivity (Wildman–Crippen MR) is 64.4 cm³/mol. The molecule has 0 bridgehead atoms. The van der Waals surface area contributed by atoms with Gasteiger partial charge in [-0.05, 0) is 31.2 Å². The van der Waals surface area contributed by atoms with Crippen LogP contribution >= 0.6 is 0 Å². The van der Waals surface area contributed by atoms with Crippen molar-refractivity contribution < 1.29 is 14.2 Å². The van der Waals surface area contributed by atoms with E-state index in [-0.39, 0.29) is 5.69 Å². The Kier molecular flexibility index (Phi) is 5.59. The molecule has 5 nitrogen and oxygen atoms in total. The minimum absolute atomic E-state index is 0.267. The van der Waals surface area contributed by atoms with E-state index in [1.54, 1.807) is 18.2 Å². The Morgan fingerprint density at radius 2 is 1.88 bits per heavy atom. The number of nitroso groups, excluding NO2 is 1. The van der Waals surface area contributed by atoms with Crippen LogP contribution in [0.2, 0.25) is 0 Å². The van der Waals surface area contributed by atoms with Gasteiger partial charge in [-0.1, -0.05) is 6.07 Å². The first kappa shape index (κ1) is 13.6. The highest BCUT2D eigenvalue weighted by Gasteiger charge is 2.14. The highest BCUT2D eigenvalue weighted by molar-refractivity contribution is 5.53. The lowest BCUT2D eigenvalue weighted by Crippen LogP contribution is -2.08. The van der Waals surface area contributed by atoms with Crippen molar-refractivity contribution in [3.05, 3.63) is 28.7 Å². The van der Waals surface area contributed by atoms with E-state index in [0.29, 0.717) is 19.0 Å². The van der Waals surface area contributed by atoms with E-state index in [9.17, 15) is 4.91 Å². The molecule has 0 radical (unpaired) electrons. The summed E-state index contributed by atoms with van der Waals surface area (Å²) in [5.74, 6) is 0.418. The second-order valence-electron chi connectivity index (χ2n) is 3.27. The summed E-state index contributed by atoms with van der Waals surface area (Å²) in [6.07, 6.45) is -0.445. The molecule has 0 atom stereocenters. The van der Waals surface area contributed by atoms with Gasteiger partial charge in [0.1, 0.15) is 11.4 Å². The van der Waals surface area contributed by atoms with Crippen molar-refractivity contribution in [3.8, 4) is 5.75 Å². The summed E-state index contributed by atoms with van der Waals surface area (Å²) in [4.78, 5) is 10.5. The van der Waals surface area contributed by atoms with Crippen LogP contribution in [0, 0.1) is 4.91 Å². The second kappa shape index (κ2) is 6.98. The molecule has 94 valence electrons. The molecular weight excluding hydrogens is 222 g/mol. The molecule has 1 rings (SSSR count). The molecule has 0 saturated carbocycles. The summed E-state index contributed by atoms with van der Waals surface area (Å²) >= 11 is 0. The SMILES string of the molecule is CCOC(OCC)c1ccc(N=O)c(OC)c1. The molecule has 1 aromatic carbocycles. The Bertz CT molecular complexity index is 362. The van der Waals surface area contributed by atoms with Crippen LogP contribution in [0.1, 0.15) is 25.7 Å². The third kappa shape index (κ3) is 3.51. The summed E-state index contributed by atoms with van der Waals surface area (Å²) in [6.45, 7) is 4.87. The van der Waals surface area contributed by atoms with Crippen LogP contribution in [-0.2, 0) is 9.47 Å². The smallest absolute Gasteiger partial charge is 0.183 e. The third-order valence-electron chi connectivity index (χ3n) is 2.21. The van der Waals surface area contributed by atoms with Crippen molar-refractivity contribution in [2.45, 2.75) is 20.1 Å². The number of hydrogen-bond acceptors (Lipinski definition) is 5. The van der Waals surface area contributed by atoms with Crippen LogP contribution < -0.4 is 4.74 Å². The molecular formula is C12H17NO4. The van der Waals surface area contributed by atoms with Crippen molar-refractivity contribution >= 4 is 5.69 Å². The highest BCUT2D eigenvalue weighted by atomic mass is 16.7. The summed E-state index contributed by atoms with van der Waals surface area (Å²) in [5.41, 5.74) is 1.07. The Hall–Kier alpha value is -1.46. The lowest BCUT2D eigenvalue weighted by atomic mass is 10.2. The molecule has 1 aromatic rings. The Labute approximate surface area is 101 Å². The average molecular weight is 239 g/mol. The number of benzene rings is 1. The summed E-state index contributed by atoms with van der Waals surface area (Å²) in [6, 6.07) is 5.04. The first-order valence-electron chi connectivity index (χ1n) is 5.51. The first-order valence-corrected chi connectivity index (χ1v) is 5.51. The fraction of sp³-hybridized carbons (Fsp3) is 0.500. The van der Waals surface area contributed by atoms with Crippen LogP contribution in [0.5, 0.6) is 5.75 Å². The van der Waals surface area contributed by atoms with Crippen LogP contribution in [-0.4, -0.2) is 20.3 Å². The quantitative estimate of drug-likeness (QED) is 0.541. The Morgan fingerprint density at radius 1 is 1.24 bits per heavy atom. The van der Waals surface area contributed by atoms with Crippen LogP contribution in [0.25, 0.3) is 0 Å². The maximum absolute atomic E-state index is 10.5. The van der Waals surface area contributed by atoms with Gasteiger partial charge in [-0.3, -0.25) is 0 Å². The van der Waals surface area contributed by atoms with Crippen LogP contribution in [0.15, 0.2) is 23.4 Å². The molecule has 5 heteroatoms. The van der Waals surface area contributed by atoms with Gasteiger partial charge < -0.3 is 14.2 Å². The van der Waals surface area contributed by atoms with E-state index in [0.717, 1.165) is 5.56 Å². The zero-order valence-electron chi connectivity index (χ0n) is 10.3. The first-order chi connectivity index (χ1) is 8.26. The van der Waals surface area contributed by atoms with Gasteiger partial charge in [-0.15, -0.1) is 4.91 Å². The van der Waals surface area contributed by atoms with Gasteiger partial charge in [-0.2, -0.15) is 0 Å². The fourth-order valence-electron chi connectivity index (χ4n) is 1.46. The molecule has 0 aliphatic heterocycles. The van der Waals surface area contributed by atoms with Crippen molar-refractivity contribution in [2.24, 2.45) is 5.18 Å². The molecule has 0 unspecified atom stereocenters. The van der Waals surface area contributed by atoms with Gasteiger partial charge in [0, 0.05) is 18.8 Å². The van der Waals surface area contributed by atoms with E-state index >= 15 is 0 Å². The van der Waals surface area contributed by atoms with Gasteiger partial charge in [0.25, 0.3) is 0 Å². The minimum atomic E-state index is -0.445. The molecule has 0 aliphatic rings. The van der Waals surface area contributed by atoms with Crippen molar-refractivity contribution in [2.75, 3.05) is 20.3 Å². The third-order valence-corrected chi connectivity index (χ3v) is 2.21. The normalized spacial score (nSPS) is 10.6. The largest absolute Gasteiger partial charge is 0.494 e. The monoisotopic (exact) mass is 239 g/mol. The van der Waals surface area contributed by atoms with Crippen molar-refractivity contribution in [3.63, 3.8) is 0 Å². The van der Waals surface area contributed by atoms with Gasteiger partial charge in [0.05, 0.1) is 7.11 Å². The van der Waals surface area contributed by atoms with Gasteiger partial charge >= 0.3 is 0 Å². The number of methoxy groups -OCH3 is 1. The van der Waals surface area contributed by atoms with E-state index < -0.39 is 6.29 Å². The van der Waals surface area contributed by atoms with E-state index in [1.807, 2.05) is 13.8 Å². The predicted octanol–water partition coefficient (Wildman–Crippen LogP) is 3.16. The minimum Gasteiger partial charge on any atom is -0.494 e. The highest BCUT2D eigenvalue weighted by Crippen LogP contribution is 2.31. The zero-order valence-corrected chi connectivity index (χ0v) is 10.3. The van der Waals surface area contributed by atoms with E-state index in [2.05, 4.69) is 5.18 Å². The molecule has 17 heavy (non-hydrogen) atoms. The molecule has 0 amide bonds. The van der Waals surface area contributed by atoms with E-state index in [4.69, 9.17) is 14.2 Å². The second-order valence-corrected chi connectivity index (χ2v) is 3.27. The van der Waals surface area contributed by atoms with Gasteiger partial charge in [0.15, 0.2) is 6.29 Å². The average Bonchev–Trinajstić information content (AvgIpc) is 2.37. The zero-order chi connectivity index (χ0) is 12.7. The Morgan fingerprint density at radius 3 is 2.35 bits per heavy atom. The molecule has 0 aromatic heterocycles. The lowest BCUT2D eigenvalue weighted by Gasteiger charge is -2.18.